The lowest BCUT2D eigenvalue weighted by molar-refractivity contribution is -0.143. The van der Waals surface area contributed by atoms with Crippen LogP contribution in [0.25, 0.3) is 5.70 Å². The number of alkyl halides is 6. The monoisotopic (exact) mass is 523 g/mol. The number of carbonyl (C=O) groups excluding carboxylic acids is 1. The smallest absolute Gasteiger partial charge is 0.416 e. The maximum absolute atomic E-state index is 13.6. The van der Waals surface area contributed by atoms with Gasteiger partial charge in [-0.25, -0.2) is 9.18 Å². The van der Waals surface area contributed by atoms with Gasteiger partial charge >= 0.3 is 24.3 Å². The number of ether oxygens (including phenoxy) is 2. The van der Waals surface area contributed by atoms with Gasteiger partial charge in [0.1, 0.15) is 17.8 Å². The van der Waals surface area contributed by atoms with E-state index in [4.69, 9.17) is 9.47 Å². The number of carbonyl (C=O) groups is 1. The molecule has 37 heavy (non-hydrogen) atoms. The topological polar surface area (TPSA) is 38.8 Å². The molecular weight excluding hydrogens is 507 g/mol. The molecule has 0 bridgehead atoms. The fraction of sp³-hybridized carbons (Fsp3) is 0.115. The van der Waals surface area contributed by atoms with Crippen LogP contribution in [0.3, 0.4) is 0 Å². The van der Waals surface area contributed by atoms with Gasteiger partial charge in [-0.1, -0.05) is 30.3 Å². The summed E-state index contributed by atoms with van der Waals surface area (Å²) in [4.78, 5) is 14.4. The maximum Gasteiger partial charge on any atom is 0.416 e. The Hall–Kier alpha value is -4.28. The average molecular weight is 523 g/mol. The van der Waals surface area contributed by atoms with Gasteiger partial charge in [0, 0.05) is 18.3 Å². The van der Waals surface area contributed by atoms with Crippen LogP contribution in [0.4, 0.5) is 30.7 Å². The molecule has 0 unspecified atom stereocenters. The third kappa shape index (κ3) is 6.11. The first-order chi connectivity index (χ1) is 17.4. The lowest BCUT2D eigenvalue weighted by atomic mass is 10.0. The van der Waals surface area contributed by atoms with E-state index in [1.54, 1.807) is 35.2 Å². The number of hydrogen-bond donors (Lipinski definition) is 0. The van der Waals surface area contributed by atoms with Crippen molar-refractivity contribution in [3.8, 4) is 0 Å². The van der Waals surface area contributed by atoms with E-state index in [1.165, 1.54) is 18.3 Å². The van der Waals surface area contributed by atoms with Crippen LogP contribution < -0.4 is 0 Å². The van der Waals surface area contributed by atoms with Crippen molar-refractivity contribution in [2.45, 2.75) is 18.9 Å². The minimum absolute atomic E-state index is 0.0958. The third-order valence-electron chi connectivity index (χ3n) is 5.22. The predicted octanol–water partition coefficient (Wildman–Crippen LogP) is 7.35. The summed E-state index contributed by atoms with van der Waals surface area (Å²) in [5.74, 6) is -2.59. The van der Waals surface area contributed by atoms with Crippen molar-refractivity contribution in [1.29, 1.82) is 0 Å². The highest BCUT2D eigenvalue weighted by molar-refractivity contribution is 5.91. The zero-order valence-electron chi connectivity index (χ0n) is 18.6. The molecule has 4 nitrogen and oxygen atoms in total. The van der Waals surface area contributed by atoms with Gasteiger partial charge in [0.25, 0.3) is 0 Å². The molecule has 192 valence electrons. The lowest BCUT2D eigenvalue weighted by Gasteiger charge is -2.28. The highest BCUT2D eigenvalue weighted by Gasteiger charge is 2.38. The molecule has 0 fully saturated rings. The van der Waals surface area contributed by atoms with Gasteiger partial charge in [0.15, 0.2) is 0 Å². The summed E-state index contributed by atoms with van der Waals surface area (Å²) in [5, 5.41) is 0. The first-order valence-electron chi connectivity index (χ1n) is 10.6. The zero-order chi connectivity index (χ0) is 26.8. The number of benzene rings is 3. The highest BCUT2D eigenvalue weighted by atomic mass is 19.4. The molecule has 0 radical (unpaired) electrons. The van der Waals surface area contributed by atoms with Crippen molar-refractivity contribution in [2.24, 2.45) is 0 Å². The van der Waals surface area contributed by atoms with Crippen molar-refractivity contribution in [1.82, 2.24) is 4.90 Å². The molecule has 1 heterocycles. The first kappa shape index (κ1) is 25.8. The lowest BCUT2D eigenvalue weighted by Crippen LogP contribution is -2.23. The Balaban J connectivity index is 1.75. The van der Waals surface area contributed by atoms with Crippen molar-refractivity contribution in [2.75, 3.05) is 0 Å². The van der Waals surface area contributed by atoms with Gasteiger partial charge in [0.05, 0.1) is 16.7 Å². The van der Waals surface area contributed by atoms with Gasteiger partial charge < -0.3 is 14.4 Å². The Kier molecular flexibility index (Phi) is 6.97. The molecule has 0 aromatic heterocycles. The first-order valence-corrected chi connectivity index (χ1v) is 10.6. The van der Waals surface area contributed by atoms with E-state index in [0.29, 0.717) is 5.56 Å². The second kappa shape index (κ2) is 10.00. The van der Waals surface area contributed by atoms with Crippen LogP contribution in [-0.2, 0) is 28.4 Å². The molecule has 0 saturated heterocycles. The quantitative estimate of drug-likeness (QED) is 0.259. The van der Waals surface area contributed by atoms with Crippen LogP contribution in [0.15, 0.2) is 91.2 Å². The maximum atomic E-state index is 13.6. The summed E-state index contributed by atoms with van der Waals surface area (Å²) in [5.41, 5.74) is -3.10. The van der Waals surface area contributed by atoms with E-state index in [9.17, 15) is 35.5 Å². The number of rotatable bonds is 5. The number of esters is 1. The molecule has 1 aliphatic heterocycles. The van der Waals surface area contributed by atoms with Crippen molar-refractivity contribution < 1.29 is 45.0 Å². The van der Waals surface area contributed by atoms with Gasteiger partial charge in [0.2, 0.25) is 0 Å². The van der Waals surface area contributed by atoms with Crippen LogP contribution in [0.5, 0.6) is 0 Å². The Labute approximate surface area is 205 Å². The molecule has 3 aromatic carbocycles. The molecular formula is C26H16F7NO3. The van der Waals surface area contributed by atoms with E-state index in [-0.39, 0.29) is 30.4 Å². The zero-order valence-corrected chi connectivity index (χ0v) is 18.6. The number of halogens is 7. The van der Waals surface area contributed by atoms with E-state index in [0.717, 1.165) is 24.0 Å². The van der Waals surface area contributed by atoms with Gasteiger partial charge in [-0.15, -0.1) is 0 Å². The second-order valence-corrected chi connectivity index (χ2v) is 7.84. The van der Waals surface area contributed by atoms with E-state index in [2.05, 4.69) is 0 Å². The normalized spacial score (nSPS) is 14.0. The standard InChI is InChI=1S/C26H16F7NO3/c27-21-8-6-17(7-9-21)22-24(36-11-10-34(22)15-16-4-2-1-3-5-16)37-23(35)18-12-19(25(28,29)30)14-20(13-18)26(31,32)33/h1-14H,15H2. The average Bonchev–Trinajstić information content (AvgIpc) is 2.84. The molecule has 0 aliphatic carbocycles. The molecule has 0 amide bonds. The van der Waals surface area contributed by atoms with Gasteiger partial charge in [-0.2, -0.15) is 26.3 Å². The molecule has 11 heteroatoms. The van der Waals surface area contributed by atoms with E-state index < -0.39 is 46.8 Å². The number of nitrogens with zero attached hydrogens (tertiary/aromatic N) is 1. The van der Waals surface area contributed by atoms with Crippen molar-refractivity contribution >= 4 is 11.7 Å². The number of hydrogen-bond acceptors (Lipinski definition) is 4. The summed E-state index contributed by atoms with van der Waals surface area (Å²) in [7, 11) is 0. The van der Waals surface area contributed by atoms with Gasteiger partial charge in [-0.3, -0.25) is 0 Å². The molecule has 3 aromatic rings. The van der Waals surface area contributed by atoms with Crippen LogP contribution in [0.2, 0.25) is 0 Å². The summed E-state index contributed by atoms with van der Waals surface area (Å²) in [6.07, 6.45) is -7.68. The molecule has 0 atom stereocenters. The Bertz CT molecular complexity index is 1310. The SMILES string of the molecule is O=C(OC1=C(c2ccc(F)cc2)N(Cc2ccccc2)C=CO1)c1cc(C(F)(F)F)cc(C(F)(F)F)c1. The summed E-state index contributed by atoms with van der Waals surface area (Å²) < 4.78 is 103. The molecule has 0 N–H and O–H groups in total. The summed E-state index contributed by atoms with van der Waals surface area (Å²) in [6.45, 7) is 0.218. The van der Waals surface area contributed by atoms with Crippen LogP contribution >= 0.6 is 0 Å². The van der Waals surface area contributed by atoms with E-state index >= 15 is 0 Å². The Morgan fingerprint density at radius 1 is 0.838 bits per heavy atom. The Morgan fingerprint density at radius 3 is 2.00 bits per heavy atom. The van der Waals surface area contributed by atoms with Crippen LogP contribution in [-0.4, -0.2) is 10.9 Å². The third-order valence-corrected chi connectivity index (χ3v) is 5.22. The van der Waals surface area contributed by atoms with Crippen LogP contribution in [0.1, 0.15) is 32.6 Å². The minimum atomic E-state index is -5.15. The molecule has 0 saturated carbocycles. The van der Waals surface area contributed by atoms with Crippen molar-refractivity contribution in [3.63, 3.8) is 0 Å². The molecule has 1 aliphatic rings. The predicted molar refractivity (Wildman–Crippen MR) is 117 cm³/mol. The summed E-state index contributed by atoms with van der Waals surface area (Å²) in [6, 6.07) is 14.4. The second-order valence-electron chi connectivity index (χ2n) is 7.84. The van der Waals surface area contributed by atoms with Crippen LogP contribution in [0, 0.1) is 5.82 Å². The fourth-order valence-corrected chi connectivity index (χ4v) is 3.50. The molecule has 4 rings (SSSR count). The summed E-state index contributed by atoms with van der Waals surface area (Å²) >= 11 is 0. The molecule has 0 spiro atoms. The largest absolute Gasteiger partial charge is 0.431 e. The Morgan fingerprint density at radius 2 is 1.43 bits per heavy atom. The van der Waals surface area contributed by atoms with E-state index in [1.807, 2.05) is 0 Å². The van der Waals surface area contributed by atoms with Crippen molar-refractivity contribution in [3.05, 3.63) is 125 Å². The minimum Gasteiger partial charge on any atom is -0.431 e. The van der Waals surface area contributed by atoms with Gasteiger partial charge in [-0.05, 0) is 48.0 Å². The highest BCUT2D eigenvalue weighted by Crippen LogP contribution is 2.37. The fourth-order valence-electron chi connectivity index (χ4n) is 3.50.